The summed E-state index contributed by atoms with van der Waals surface area (Å²) >= 11 is 1.24. The molecule has 2 aromatic heterocycles. The number of amides is 5. The number of ether oxygens (including phenoxy) is 1. The van der Waals surface area contributed by atoms with Gasteiger partial charge in [-0.3, -0.25) is 14.5 Å². The van der Waals surface area contributed by atoms with Crippen LogP contribution in [0.25, 0.3) is 10.2 Å². The fourth-order valence-corrected chi connectivity index (χ4v) is 6.85. The molecule has 0 radical (unpaired) electrons. The number of hydrogen-bond donors (Lipinski definition) is 4. The van der Waals surface area contributed by atoms with Gasteiger partial charge in [0.2, 0.25) is 5.91 Å². The maximum Gasteiger partial charge on any atom is 0.407 e. The molecule has 2 aliphatic rings. The van der Waals surface area contributed by atoms with E-state index < -0.39 is 6.09 Å². The van der Waals surface area contributed by atoms with Crippen molar-refractivity contribution in [3.05, 3.63) is 83.4 Å². The number of aryl methyl sites for hydroxylation is 1. The summed E-state index contributed by atoms with van der Waals surface area (Å²) in [6.45, 7) is 2.03. The van der Waals surface area contributed by atoms with E-state index in [1.807, 2.05) is 55.5 Å². The Bertz CT molecular complexity index is 1870. The minimum absolute atomic E-state index is 0.0394. The summed E-state index contributed by atoms with van der Waals surface area (Å²) in [6.07, 6.45) is 6.14. The lowest BCUT2D eigenvalue weighted by Crippen LogP contribution is -2.43. The van der Waals surface area contributed by atoms with Gasteiger partial charge in [0, 0.05) is 37.9 Å². The highest BCUT2D eigenvalue weighted by Gasteiger charge is 2.34. The molecule has 0 bridgehead atoms. The van der Waals surface area contributed by atoms with Crippen molar-refractivity contribution in [2.75, 3.05) is 23.8 Å². The molecule has 1 fully saturated rings. The molecule has 0 unspecified atom stereocenters. The van der Waals surface area contributed by atoms with Gasteiger partial charge in [0.05, 0.1) is 22.4 Å². The molecule has 1 aliphatic heterocycles. The van der Waals surface area contributed by atoms with E-state index in [1.54, 1.807) is 17.2 Å². The maximum absolute atomic E-state index is 13.6. The molecule has 1 saturated carbocycles. The van der Waals surface area contributed by atoms with Gasteiger partial charge in [-0.15, -0.1) is 11.3 Å². The number of nitrogens with one attached hydrogen (secondary N) is 3. The minimum Gasteiger partial charge on any atom is -0.465 e. The number of carboxylic acid groups (broad SMARTS) is 1. The Morgan fingerprint density at radius 1 is 1.04 bits per heavy atom. The number of carbonyl (C=O) groups is 4. The molecule has 242 valence electrons. The number of urea groups is 1. The van der Waals surface area contributed by atoms with E-state index in [2.05, 4.69) is 20.9 Å². The predicted molar refractivity (Wildman–Crippen MR) is 180 cm³/mol. The van der Waals surface area contributed by atoms with Crippen LogP contribution in [0.3, 0.4) is 0 Å². The molecule has 0 atom stereocenters. The lowest BCUT2D eigenvalue weighted by molar-refractivity contribution is -0.117. The Labute approximate surface area is 275 Å². The molecule has 2 aromatic carbocycles. The van der Waals surface area contributed by atoms with E-state index in [4.69, 9.17) is 9.84 Å². The van der Waals surface area contributed by atoms with Crippen LogP contribution in [-0.2, 0) is 4.79 Å². The number of thiophene rings is 1. The van der Waals surface area contributed by atoms with Crippen molar-refractivity contribution in [1.82, 2.24) is 20.5 Å². The van der Waals surface area contributed by atoms with Crippen molar-refractivity contribution in [1.29, 1.82) is 0 Å². The lowest BCUT2D eigenvalue weighted by Gasteiger charge is -2.30. The summed E-state index contributed by atoms with van der Waals surface area (Å²) < 4.78 is 5.97. The average Bonchev–Trinajstić information content (AvgIpc) is 3.42. The lowest BCUT2D eigenvalue weighted by atomic mass is 9.91. The summed E-state index contributed by atoms with van der Waals surface area (Å²) in [5.41, 5.74) is 2.62. The highest BCUT2D eigenvalue weighted by molar-refractivity contribution is 7.21. The number of pyridine rings is 1. The Morgan fingerprint density at radius 3 is 2.47 bits per heavy atom. The van der Waals surface area contributed by atoms with Crippen LogP contribution in [-0.4, -0.2) is 64.6 Å². The van der Waals surface area contributed by atoms with Gasteiger partial charge < -0.3 is 30.7 Å². The first-order valence-electron chi connectivity index (χ1n) is 15.3. The van der Waals surface area contributed by atoms with Crippen LogP contribution in [0.1, 0.15) is 40.9 Å². The first kappa shape index (κ1) is 31.5. The molecule has 12 nitrogen and oxygen atoms in total. The van der Waals surface area contributed by atoms with Gasteiger partial charge in [0.1, 0.15) is 21.2 Å². The molecule has 47 heavy (non-hydrogen) atoms. The Morgan fingerprint density at radius 2 is 1.77 bits per heavy atom. The van der Waals surface area contributed by atoms with Gasteiger partial charge in [0.25, 0.3) is 5.91 Å². The number of nitrogens with zero attached hydrogens (tertiary/aromatic N) is 3. The van der Waals surface area contributed by atoms with Gasteiger partial charge in [0.15, 0.2) is 0 Å². The van der Waals surface area contributed by atoms with Gasteiger partial charge in [-0.1, -0.05) is 24.3 Å². The van der Waals surface area contributed by atoms with Crippen LogP contribution in [0, 0.1) is 6.92 Å². The molecule has 13 heteroatoms. The molecule has 5 amide bonds. The van der Waals surface area contributed by atoms with E-state index in [0.717, 1.165) is 10.5 Å². The summed E-state index contributed by atoms with van der Waals surface area (Å²) in [5, 5.41) is 18.6. The zero-order valence-electron chi connectivity index (χ0n) is 25.9. The monoisotopic (exact) mass is 654 g/mol. The number of hydrogen-bond acceptors (Lipinski definition) is 7. The molecule has 4 aromatic rings. The van der Waals surface area contributed by atoms with E-state index >= 15 is 0 Å². The normalized spacial score (nSPS) is 17.3. The van der Waals surface area contributed by atoms with Crippen LogP contribution in [0.2, 0.25) is 0 Å². The number of anilines is 3. The van der Waals surface area contributed by atoms with Crippen molar-refractivity contribution in [3.63, 3.8) is 0 Å². The van der Waals surface area contributed by atoms with Crippen molar-refractivity contribution in [2.45, 2.75) is 44.7 Å². The average molecular weight is 655 g/mol. The molecule has 3 heterocycles. The van der Waals surface area contributed by atoms with Gasteiger partial charge in [-0.25, -0.2) is 14.6 Å². The summed E-state index contributed by atoms with van der Waals surface area (Å²) in [7, 11) is 1.43. The van der Waals surface area contributed by atoms with E-state index in [-0.39, 0.29) is 36.5 Å². The zero-order valence-corrected chi connectivity index (χ0v) is 26.7. The van der Waals surface area contributed by atoms with Crippen LogP contribution < -0.4 is 25.6 Å². The molecule has 6 rings (SSSR count). The minimum atomic E-state index is -1.07. The quantitative estimate of drug-likeness (QED) is 0.152. The molecule has 1 aliphatic carbocycles. The first-order valence-corrected chi connectivity index (χ1v) is 16.1. The number of rotatable bonds is 9. The molecule has 0 spiro atoms. The second kappa shape index (κ2) is 13.5. The highest BCUT2D eigenvalue weighted by atomic mass is 32.1. The fraction of sp³-hybridized carbons (Fsp3) is 0.265. The molecule has 0 saturated heterocycles. The largest absolute Gasteiger partial charge is 0.465 e. The predicted octanol–water partition coefficient (Wildman–Crippen LogP) is 6.40. The standard InChI is InChI=1S/C34H34N6O6S/c1-20-19-24(46-23-7-4-3-5-8-23)14-15-25(20)40-26-16-17-35-32-28(26)29(38-33(40)43)30(47-32)31(42)37-22-12-10-21(11-13-22)36-27(41)9-6-18-39(2)34(44)45/h3-9,14-17,19,21-22H,10-13,18H2,1-2H3,(H,36,41)(H,37,42)(H,38,43)(H,44,45)/b9-6+/t21-,22-. The third-order valence-corrected chi connectivity index (χ3v) is 9.32. The SMILES string of the molecule is Cc1cc(Oc2ccccc2)ccc1N1C(=O)Nc2c(C(=O)N[C@H]3CC[C@H](NC(=O)/C=C/CN(C)C(=O)O)CC3)sc3nccc1c23. The second-order valence-corrected chi connectivity index (χ2v) is 12.5. The smallest absolute Gasteiger partial charge is 0.407 e. The van der Waals surface area contributed by atoms with E-state index in [0.29, 0.717) is 69.3 Å². The molecule has 4 N–H and O–H groups in total. The van der Waals surface area contributed by atoms with Gasteiger partial charge in [-0.05, 0) is 74.6 Å². The van der Waals surface area contributed by atoms with Crippen LogP contribution >= 0.6 is 11.3 Å². The fourth-order valence-electron chi connectivity index (χ4n) is 5.83. The van der Waals surface area contributed by atoms with Crippen molar-refractivity contribution >= 4 is 62.6 Å². The third kappa shape index (κ3) is 6.89. The topological polar surface area (TPSA) is 153 Å². The van der Waals surface area contributed by atoms with Crippen molar-refractivity contribution in [3.8, 4) is 11.5 Å². The summed E-state index contributed by atoms with van der Waals surface area (Å²) in [6, 6.07) is 16.3. The van der Waals surface area contributed by atoms with Gasteiger partial charge in [-0.2, -0.15) is 0 Å². The van der Waals surface area contributed by atoms with Crippen molar-refractivity contribution in [2.24, 2.45) is 0 Å². The van der Waals surface area contributed by atoms with Crippen LogP contribution in [0.4, 0.5) is 26.7 Å². The van der Waals surface area contributed by atoms with Gasteiger partial charge >= 0.3 is 12.1 Å². The number of carbonyl (C=O) groups excluding carboxylic acids is 3. The number of aromatic nitrogens is 1. The highest BCUT2D eigenvalue weighted by Crippen LogP contribution is 2.46. The van der Waals surface area contributed by atoms with E-state index in [9.17, 15) is 19.2 Å². The van der Waals surface area contributed by atoms with Crippen LogP contribution in [0.5, 0.6) is 11.5 Å². The van der Waals surface area contributed by atoms with E-state index in [1.165, 1.54) is 30.5 Å². The number of likely N-dealkylation sites (N-methyl/N-ethyl adjacent to an activating group) is 1. The van der Waals surface area contributed by atoms with Crippen LogP contribution in [0.15, 0.2) is 72.9 Å². The number of benzene rings is 2. The Balaban J connectivity index is 1.12. The Hall–Kier alpha value is -5.43. The molecular weight excluding hydrogens is 620 g/mol. The van der Waals surface area contributed by atoms with Crippen molar-refractivity contribution < 1.29 is 29.0 Å². The molecular formula is C34H34N6O6S. The third-order valence-electron chi connectivity index (χ3n) is 8.22. The maximum atomic E-state index is 13.6. The zero-order chi connectivity index (χ0) is 33.1. The summed E-state index contributed by atoms with van der Waals surface area (Å²) in [5.74, 6) is 0.811. The summed E-state index contributed by atoms with van der Waals surface area (Å²) in [4.78, 5) is 58.5. The first-order chi connectivity index (χ1) is 22.7. The Kier molecular flexibility index (Phi) is 9.07. The second-order valence-electron chi connectivity index (χ2n) is 11.5. The number of para-hydroxylation sites is 1.